The summed E-state index contributed by atoms with van der Waals surface area (Å²) in [7, 11) is 0. The van der Waals surface area contributed by atoms with Crippen molar-refractivity contribution < 1.29 is 9.53 Å². The number of carbonyl (C=O) groups is 1. The van der Waals surface area contributed by atoms with Crippen LogP contribution in [0.15, 0.2) is 29.8 Å². The summed E-state index contributed by atoms with van der Waals surface area (Å²) in [6.07, 6.45) is 5.29. The minimum absolute atomic E-state index is 0.108. The Labute approximate surface area is 166 Å². The van der Waals surface area contributed by atoms with Crippen molar-refractivity contribution in [1.29, 1.82) is 15.8 Å². The van der Waals surface area contributed by atoms with E-state index in [-0.39, 0.29) is 12.2 Å². The molecule has 1 heterocycles. The molecule has 0 radical (unpaired) electrons. The first-order valence-corrected chi connectivity index (χ1v) is 9.56. The average Bonchev–Trinajstić information content (AvgIpc) is 3.07. The molecular weight excluding hydrogens is 372 g/mol. The van der Waals surface area contributed by atoms with E-state index in [1.54, 1.807) is 24.3 Å². The number of hydrogen-bond acceptors (Lipinski definition) is 6. The number of rotatable bonds is 5. The summed E-state index contributed by atoms with van der Waals surface area (Å²) in [5.74, 6) is -0.165. The van der Waals surface area contributed by atoms with Gasteiger partial charge in [-0.15, -0.1) is 11.3 Å². The van der Waals surface area contributed by atoms with E-state index >= 15 is 0 Å². The van der Waals surface area contributed by atoms with Crippen molar-refractivity contribution in [3.63, 3.8) is 0 Å². The molecule has 0 bridgehead atoms. The van der Waals surface area contributed by atoms with E-state index < -0.39 is 5.91 Å². The third kappa shape index (κ3) is 4.04. The Morgan fingerprint density at radius 2 is 2.00 bits per heavy atom. The summed E-state index contributed by atoms with van der Waals surface area (Å²) in [5.41, 5.74) is 1.94. The molecule has 6 nitrogen and oxygen atoms in total. The molecule has 0 aliphatic heterocycles. The number of anilines is 1. The van der Waals surface area contributed by atoms with Crippen LogP contribution in [-0.4, -0.2) is 12.5 Å². The molecule has 1 aromatic heterocycles. The van der Waals surface area contributed by atoms with Gasteiger partial charge in [-0.1, -0.05) is 18.2 Å². The topological polar surface area (TPSA) is 110 Å². The number of aryl methyl sites for hydroxylation is 1. The Hall–Kier alpha value is -3.60. The zero-order valence-corrected chi connectivity index (χ0v) is 15.8. The molecule has 1 amide bonds. The third-order valence-corrected chi connectivity index (χ3v) is 5.59. The molecule has 138 valence electrons. The van der Waals surface area contributed by atoms with Gasteiger partial charge >= 0.3 is 0 Å². The van der Waals surface area contributed by atoms with E-state index in [0.717, 1.165) is 36.1 Å². The molecule has 1 N–H and O–H groups in total. The van der Waals surface area contributed by atoms with Crippen LogP contribution in [-0.2, 0) is 17.6 Å². The Kier molecular flexibility index (Phi) is 6.07. The van der Waals surface area contributed by atoms with Crippen LogP contribution in [0.3, 0.4) is 0 Å². The maximum Gasteiger partial charge on any atom is 0.266 e. The predicted octanol–water partition coefficient (Wildman–Crippen LogP) is 3.95. The highest BCUT2D eigenvalue weighted by Crippen LogP contribution is 2.37. The van der Waals surface area contributed by atoms with Crippen molar-refractivity contribution in [2.24, 2.45) is 0 Å². The standard InChI is InChI=1S/C21H16N4O2S/c22-9-10-27-18-7-3-1-5-14(18)11-15(12-23)20(26)25-21-17(13-24)16-6-2-4-8-19(16)28-21/h1,3,5,7,11H,2,4,6,8,10H2,(H,25,26)/b15-11+. The lowest BCUT2D eigenvalue weighted by atomic mass is 9.96. The number of nitriles is 3. The highest BCUT2D eigenvalue weighted by Gasteiger charge is 2.22. The zero-order valence-electron chi connectivity index (χ0n) is 15.0. The van der Waals surface area contributed by atoms with Gasteiger partial charge in [0.1, 0.15) is 34.5 Å². The smallest absolute Gasteiger partial charge is 0.266 e. The maximum atomic E-state index is 12.7. The highest BCUT2D eigenvalue weighted by atomic mass is 32.1. The second-order valence-electron chi connectivity index (χ2n) is 6.14. The molecule has 1 aromatic carbocycles. The molecule has 1 aliphatic carbocycles. The van der Waals surface area contributed by atoms with E-state index in [0.29, 0.717) is 21.9 Å². The number of amides is 1. The van der Waals surface area contributed by atoms with Crippen molar-refractivity contribution in [3.8, 4) is 24.0 Å². The van der Waals surface area contributed by atoms with Crippen LogP contribution >= 0.6 is 11.3 Å². The van der Waals surface area contributed by atoms with Gasteiger partial charge in [-0.3, -0.25) is 4.79 Å². The van der Waals surface area contributed by atoms with Crippen molar-refractivity contribution in [3.05, 3.63) is 51.4 Å². The van der Waals surface area contributed by atoms with Gasteiger partial charge in [0.15, 0.2) is 6.61 Å². The number of benzene rings is 1. The van der Waals surface area contributed by atoms with Crippen LogP contribution in [0.4, 0.5) is 5.00 Å². The molecule has 28 heavy (non-hydrogen) atoms. The van der Waals surface area contributed by atoms with Gasteiger partial charge in [-0.2, -0.15) is 15.8 Å². The summed E-state index contributed by atoms with van der Waals surface area (Å²) in [6, 6.07) is 12.8. The maximum absolute atomic E-state index is 12.7. The zero-order chi connectivity index (χ0) is 19.9. The number of nitrogens with zero attached hydrogens (tertiary/aromatic N) is 3. The molecule has 0 fully saturated rings. The van der Waals surface area contributed by atoms with E-state index in [9.17, 15) is 15.3 Å². The number of fused-ring (bicyclic) bond motifs is 1. The first kappa shape index (κ1) is 19.2. The van der Waals surface area contributed by atoms with E-state index in [1.807, 2.05) is 12.1 Å². The Morgan fingerprint density at radius 1 is 1.21 bits per heavy atom. The predicted molar refractivity (Wildman–Crippen MR) is 105 cm³/mol. The first-order chi connectivity index (χ1) is 13.7. The van der Waals surface area contributed by atoms with Gasteiger partial charge in [0, 0.05) is 10.4 Å². The minimum atomic E-state index is -0.576. The fraction of sp³-hybridized carbons (Fsp3) is 0.238. The molecule has 0 unspecified atom stereocenters. The number of ether oxygens (including phenoxy) is 1. The van der Waals surface area contributed by atoms with Crippen LogP contribution in [0.5, 0.6) is 5.75 Å². The molecule has 0 atom stereocenters. The highest BCUT2D eigenvalue weighted by molar-refractivity contribution is 7.16. The number of thiophene rings is 1. The molecular formula is C21H16N4O2S. The lowest BCUT2D eigenvalue weighted by Crippen LogP contribution is -2.13. The number of para-hydroxylation sites is 1. The SMILES string of the molecule is N#CCOc1ccccc1/C=C(\C#N)C(=O)Nc1sc2c(c1C#N)CCCC2. The van der Waals surface area contributed by atoms with Gasteiger partial charge in [-0.25, -0.2) is 0 Å². The second-order valence-corrected chi connectivity index (χ2v) is 7.24. The molecule has 3 rings (SSSR count). The lowest BCUT2D eigenvalue weighted by molar-refractivity contribution is -0.112. The summed E-state index contributed by atoms with van der Waals surface area (Å²) in [5, 5.41) is 30.9. The number of carbonyl (C=O) groups excluding carboxylic acids is 1. The molecule has 0 saturated heterocycles. The Bertz CT molecular complexity index is 1060. The third-order valence-electron chi connectivity index (χ3n) is 4.39. The Morgan fingerprint density at radius 3 is 2.75 bits per heavy atom. The van der Waals surface area contributed by atoms with Gasteiger partial charge < -0.3 is 10.1 Å². The van der Waals surface area contributed by atoms with Crippen molar-refractivity contribution in [2.45, 2.75) is 25.7 Å². The summed E-state index contributed by atoms with van der Waals surface area (Å²) < 4.78 is 5.33. The van der Waals surface area contributed by atoms with E-state index in [1.165, 1.54) is 17.4 Å². The van der Waals surface area contributed by atoms with Crippen LogP contribution < -0.4 is 10.1 Å². The number of nitrogens with one attached hydrogen (secondary N) is 1. The Balaban J connectivity index is 1.87. The van der Waals surface area contributed by atoms with E-state index in [4.69, 9.17) is 10.00 Å². The normalized spacial score (nSPS) is 12.8. The van der Waals surface area contributed by atoms with Crippen molar-refractivity contribution in [2.75, 3.05) is 11.9 Å². The number of hydrogen-bond donors (Lipinski definition) is 1. The first-order valence-electron chi connectivity index (χ1n) is 8.74. The summed E-state index contributed by atoms with van der Waals surface area (Å²) in [4.78, 5) is 13.8. The average molecular weight is 388 g/mol. The van der Waals surface area contributed by atoms with Gasteiger partial charge in [0.25, 0.3) is 5.91 Å². The van der Waals surface area contributed by atoms with Crippen LogP contribution in [0.1, 0.15) is 34.4 Å². The van der Waals surface area contributed by atoms with Crippen molar-refractivity contribution >= 4 is 28.3 Å². The molecule has 1 aliphatic rings. The van der Waals surface area contributed by atoms with Crippen LogP contribution in [0.25, 0.3) is 6.08 Å². The quantitative estimate of drug-likeness (QED) is 0.616. The minimum Gasteiger partial charge on any atom is -0.478 e. The second kappa shape index (κ2) is 8.86. The molecule has 0 saturated carbocycles. The summed E-state index contributed by atoms with van der Waals surface area (Å²) >= 11 is 1.41. The molecule has 0 spiro atoms. The van der Waals surface area contributed by atoms with Crippen LogP contribution in [0, 0.1) is 34.0 Å². The van der Waals surface area contributed by atoms with Gasteiger partial charge in [0.2, 0.25) is 0 Å². The van der Waals surface area contributed by atoms with E-state index in [2.05, 4.69) is 11.4 Å². The van der Waals surface area contributed by atoms with Crippen molar-refractivity contribution in [1.82, 2.24) is 0 Å². The lowest BCUT2D eigenvalue weighted by Gasteiger charge is -2.09. The molecule has 7 heteroatoms. The fourth-order valence-corrected chi connectivity index (χ4v) is 4.32. The fourth-order valence-electron chi connectivity index (χ4n) is 3.09. The monoisotopic (exact) mass is 388 g/mol. The van der Waals surface area contributed by atoms with Gasteiger partial charge in [0.05, 0.1) is 5.56 Å². The van der Waals surface area contributed by atoms with Gasteiger partial charge in [-0.05, 0) is 43.4 Å². The van der Waals surface area contributed by atoms with Crippen LogP contribution in [0.2, 0.25) is 0 Å². The molecule has 2 aromatic rings. The largest absolute Gasteiger partial charge is 0.478 e. The summed E-state index contributed by atoms with van der Waals surface area (Å²) in [6.45, 7) is -0.134.